The highest BCUT2D eigenvalue weighted by Crippen LogP contribution is 2.23. The number of amides is 1. The number of carbonyl (C=O) groups excluding carboxylic acids is 1. The Morgan fingerprint density at radius 2 is 1.80 bits per heavy atom. The van der Waals surface area contributed by atoms with Gasteiger partial charge in [0, 0.05) is 5.39 Å². The van der Waals surface area contributed by atoms with Crippen LogP contribution in [0.15, 0.2) is 53.3 Å². The number of fused-ring (bicyclic) bond motifs is 1. The molecule has 1 amide bonds. The van der Waals surface area contributed by atoms with Gasteiger partial charge < -0.3 is 10.1 Å². The van der Waals surface area contributed by atoms with Gasteiger partial charge in [-0.25, -0.2) is 4.68 Å². The molecule has 0 saturated carbocycles. The normalized spacial score (nSPS) is 10.6. The van der Waals surface area contributed by atoms with Crippen molar-refractivity contribution in [3.63, 3.8) is 0 Å². The van der Waals surface area contributed by atoms with Crippen molar-refractivity contribution in [2.75, 3.05) is 11.9 Å². The van der Waals surface area contributed by atoms with E-state index in [-0.39, 0.29) is 18.0 Å². The lowest BCUT2D eigenvalue weighted by atomic mass is 10.1. The molecule has 1 aromatic heterocycles. The van der Waals surface area contributed by atoms with Crippen LogP contribution in [0.4, 0.5) is 5.69 Å². The average molecular weight is 337 g/mol. The van der Waals surface area contributed by atoms with Gasteiger partial charge in [-0.3, -0.25) is 9.59 Å². The number of aromatic nitrogens is 2. The first-order valence-electron chi connectivity index (χ1n) is 8.08. The molecule has 0 unspecified atom stereocenters. The van der Waals surface area contributed by atoms with Crippen LogP contribution in [0.25, 0.3) is 10.8 Å². The number of hydrogen-bond donors (Lipinski definition) is 1. The highest BCUT2D eigenvalue weighted by atomic mass is 16.5. The van der Waals surface area contributed by atoms with E-state index in [0.717, 1.165) is 5.39 Å². The molecule has 128 valence electrons. The summed E-state index contributed by atoms with van der Waals surface area (Å²) >= 11 is 0. The zero-order valence-electron chi connectivity index (χ0n) is 14.2. The highest BCUT2D eigenvalue weighted by molar-refractivity contribution is 5.92. The van der Waals surface area contributed by atoms with Crippen LogP contribution in [0.3, 0.4) is 0 Å². The quantitative estimate of drug-likeness (QED) is 0.777. The summed E-state index contributed by atoms with van der Waals surface area (Å²) in [4.78, 5) is 24.9. The highest BCUT2D eigenvalue weighted by Gasteiger charge is 2.12. The summed E-state index contributed by atoms with van der Waals surface area (Å²) in [6, 6.07) is 14.4. The van der Waals surface area contributed by atoms with E-state index in [0.29, 0.717) is 29.1 Å². The molecule has 3 aromatic rings. The molecule has 6 nitrogen and oxygen atoms in total. The average Bonchev–Trinajstić information content (AvgIpc) is 2.61. The molecule has 6 heteroatoms. The van der Waals surface area contributed by atoms with Gasteiger partial charge in [0.05, 0.1) is 23.4 Å². The van der Waals surface area contributed by atoms with Gasteiger partial charge >= 0.3 is 0 Å². The van der Waals surface area contributed by atoms with Crippen LogP contribution >= 0.6 is 0 Å². The molecule has 3 rings (SSSR count). The summed E-state index contributed by atoms with van der Waals surface area (Å²) < 4.78 is 6.68. The lowest BCUT2D eigenvalue weighted by Crippen LogP contribution is -2.30. The Labute approximate surface area is 145 Å². The SMILES string of the molecule is CCOc1ccccc1NC(=O)Cn1nc(C)c2ccccc2c1=O. The number of ether oxygens (including phenoxy) is 1. The van der Waals surface area contributed by atoms with E-state index >= 15 is 0 Å². The molecule has 0 atom stereocenters. The number of rotatable bonds is 5. The van der Waals surface area contributed by atoms with E-state index in [1.54, 1.807) is 24.3 Å². The standard InChI is InChI=1S/C19H19N3O3/c1-3-25-17-11-7-6-10-16(17)20-18(23)12-22-19(24)15-9-5-4-8-14(15)13(2)21-22/h4-11H,3,12H2,1-2H3,(H,20,23). The second-order valence-electron chi connectivity index (χ2n) is 5.57. The summed E-state index contributed by atoms with van der Waals surface area (Å²) in [5.41, 5.74) is 0.993. The van der Waals surface area contributed by atoms with Crippen LogP contribution in [0.2, 0.25) is 0 Å². The number of anilines is 1. The molecular weight excluding hydrogens is 318 g/mol. The summed E-state index contributed by atoms with van der Waals surface area (Å²) in [6.07, 6.45) is 0. The van der Waals surface area contributed by atoms with Crippen molar-refractivity contribution in [3.8, 4) is 5.75 Å². The second-order valence-corrected chi connectivity index (χ2v) is 5.57. The molecule has 2 aromatic carbocycles. The summed E-state index contributed by atoms with van der Waals surface area (Å²) in [5.74, 6) is 0.254. The molecule has 25 heavy (non-hydrogen) atoms. The first-order valence-corrected chi connectivity index (χ1v) is 8.08. The van der Waals surface area contributed by atoms with Crippen LogP contribution in [-0.4, -0.2) is 22.3 Å². The van der Waals surface area contributed by atoms with E-state index in [1.165, 1.54) is 4.68 Å². The third-order valence-electron chi connectivity index (χ3n) is 3.81. The summed E-state index contributed by atoms with van der Waals surface area (Å²) in [7, 11) is 0. The second kappa shape index (κ2) is 7.17. The Kier molecular flexibility index (Phi) is 4.79. The van der Waals surface area contributed by atoms with Gasteiger partial charge in [-0.1, -0.05) is 30.3 Å². The Balaban J connectivity index is 1.86. The smallest absolute Gasteiger partial charge is 0.275 e. The van der Waals surface area contributed by atoms with Crippen molar-refractivity contribution in [2.24, 2.45) is 0 Å². The van der Waals surface area contributed by atoms with Crippen LogP contribution in [0, 0.1) is 6.92 Å². The number of benzene rings is 2. The largest absolute Gasteiger partial charge is 0.492 e. The van der Waals surface area contributed by atoms with Crippen molar-refractivity contribution >= 4 is 22.4 Å². The van der Waals surface area contributed by atoms with Gasteiger partial charge in [-0.2, -0.15) is 5.10 Å². The van der Waals surface area contributed by atoms with Crippen LogP contribution in [-0.2, 0) is 11.3 Å². The lowest BCUT2D eigenvalue weighted by molar-refractivity contribution is -0.117. The van der Waals surface area contributed by atoms with Crippen LogP contribution in [0.1, 0.15) is 12.6 Å². The lowest BCUT2D eigenvalue weighted by Gasteiger charge is -2.12. The zero-order chi connectivity index (χ0) is 17.8. The maximum absolute atomic E-state index is 12.5. The molecular formula is C19H19N3O3. The van der Waals surface area contributed by atoms with Gasteiger partial charge in [-0.05, 0) is 32.0 Å². The Morgan fingerprint density at radius 3 is 2.56 bits per heavy atom. The molecule has 1 N–H and O–H groups in total. The van der Waals surface area contributed by atoms with Crippen LogP contribution < -0.4 is 15.6 Å². The first kappa shape index (κ1) is 16.7. The summed E-state index contributed by atoms with van der Waals surface area (Å²) in [6.45, 7) is 4.03. The number of nitrogens with one attached hydrogen (secondary N) is 1. The minimum absolute atomic E-state index is 0.162. The molecule has 0 aliphatic rings. The van der Waals surface area contributed by atoms with Crippen molar-refractivity contribution in [1.29, 1.82) is 0 Å². The van der Waals surface area contributed by atoms with E-state index < -0.39 is 0 Å². The van der Waals surface area contributed by atoms with Gasteiger partial charge in [0.15, 0.2) is 0 Å². The van der Waals surface area contributed by atoms with E-state index in [4.69, 9.17) is 4.74 Å². The third-order valence-corrected chi connectivity index (χ3v) is 3.81. The van der Waals surface area contributed by atoms with Gasteiger partial charge in [0.2, 0.25) is 5.91 Å². The molecule has 0 radical (unpaired) electrons. The third kappa shape index (κ3) is 3.52. The predicted molar refractivity (Wildman–Crippen MR) is 97.0 cm³/mol. The molecule has 0 saturated heterocycles. The minimum atomic E-state index is -0.337. The zero-order valence-corrected chi connectivity index (χ0v) is 14.2. The fourth-order valence-corrected chi connectivity index (χ4v) is 2.69. The van der Waals surface area contributed by atoms with Crippen molar-refractivity contribution in [2.45, 2.75) is 20.4 Å². The number of hydrogen-bond acceptors (Lipinski definition) is 4. The van der Waals surface area contributed by atoms with E-state index in [1.807, 2.05) is 38.1 Å². The topological polar surface area (TPSA) is 73.2 Å². The minimum Gasteiger partial charge on any atom is -0.492 e. The molecule has 1 heterocycles. The predicted octanol–water partition coefficient (Wildman–Crippen LogP) is 2.74. The van der Waals surface area contributed by atoms with Crippen LogP contribution in [0.5, 0.6) is 5.75 Å². The van der Waals surface area contributed by atoms with Gasteiger partial charge in [0.25, 0.3) is 5.56 Å². The van der Waals surface area contributed by atoms with Crippen molar-refractivity contribution in [3.05, 3.63) is 64.6 Å². The Hall–Kier alpha value is -3.15. The van der Waals surface area contributed by atoms with E-state index in [9.17, 15) is 9.59 Å². The monoisotopic (exact) mass is 337 g/mol. The van der Waals surface area contributed by atoms with Gasteiger partial charge in [0.1, 0.15) is 12.3 Å². The fourth-order valence-electron chi connectivity index (χ4n) is 2.69. The molecule has 0 aliphatic carbocycles. The molecule has 0 spiro atoms. The first-order chi connectivity index (χ1) is 12.1. The Bertz CT molecular complexity index is 979. The van der Waals surface area contributed by atoms with E-state index in [2.05, 4.69) is 10.4 Å². The number of aryl methyl sites for hydroxylation is 1. The maximum atomic E-state index is 12.5. The van der Waals surface area contributed by atoms with Crippen molar-refractivity contribution < 1.29 is 9.53 Å². The fraction of sp³-hybridized carbons (Fsp3) is 0.211. The number of para-hydroxylation sites is 2. The number of carbonyl (C=O) groups is 1. The molecule has 0 aliphatic heterocycles. The Morgan fingerprint density at radius 1 is 1.12 bits per heavy atom. The van der Waals surface area contributed by atoms with Gasteiger partial charge in [-0.15, -0.1) is 0 Å². The number of nitrogens with zero attached hydrogens (tertiary/aromatic N) is 2. The molecule has 0 fully saturated rings. The van der Waals surface area contributed by atoms with Crippen molar-refractivity contribution in [1.82, 2.24) is 9.78 Å². The molecule has 0 bridgehead atoms. The summed E-state index contributed by atoms with van der Waals surface area (Å²) in [5, 5.41) is 8.38. The maximum Gasteiger partial charge on any atom is 0.275 e.